The maximum atomic E-state index is 8.65. The zero-order chi connectivity index (χ0) is 12.1. The third-order valence-corrected chi connectivity index (χ3v) is 2.47. The number of nitrogens with one attached hydrogen (secondary N) is 1. The molecule has 0 fully saturated rings. The summed E-state index contributed by atoms with van der Waals surface area (Å²) >= 11 is 0. The number of pyridine rings is 2. The molecule has 4 nitrogen and oxygen atoms in total. The minimum absolute atomic E-state index is 0.174. The summed E-state index contributed by atoms with van der Waals surface area (Å²) in [6.07, 6.45) is 5.20. The number of nitriles is 1. The fourth-order valence-electron chi connectivity index (χ4n) is 1.53. The van der Waals surface area contributed by atoms with E-state index in [9.17, 15) is 0 Å². The van der Waals surface area contributed by atoms with Crippen molar-refractivity contribution < 1.29 is 0 Å². The van der Waals surface area contributed by atoms with Crippen LogP contribution in [0.4, 0.5) is 5.69 Å². The predicted molar refractivity (Wildman–Crippen MR) is 65.2 cm³/mol. The first-order valence-corrected chi connectivity index (χ1v) is 5.32. The summed E-state index contributed by atoms with van der Waals surface area (Å²) in [7, 11) is 0. The highest BCUT2D eigenvalue weighted by Crippen LogP contribution is 2.17. The van der Waals surface area contributed by atoms with Gasteiger partial charge in [0.15, 0.2) is 0 Å². The Morgan fingerprint density at radius 2 is 2.00 bits per heavy atom. The summed E-state index contributed by atoms with van der Waals surface area (Å²) in [5.41, 5.74) is 2.48. The smallest absolute Gasteiger partial charge is 0.140 e. The van der Waals surface area contributed by atoms with Crippen LogP contribution in [-0.4, -0.2) is 9.97 Å². The van der Waals surface area contributed by atoms with Crippen LogP contribution in [0.2, 0.25) is 0 Å². The molecule has 2 aromatic rings. The van der Waals surface area contributed by atoms with E-state index in [-0.39, 0.29) is 6.04 Å². The second kappa shape index (κ2) is 5.08. The van der Waals surface area contributed by atoms with Crippen molar-refractivity contribution in [2.24, 2.45) is 0 Å². The van der Waals surface area contributed by atoms with E-state index in [1.165, 1.54) is 0 Å². The minimum Gasteiger partial charge on any atom is -0.377 e. The Labute approximate surface area is 100.0 Å². The van der Waals surface area contributed by atoms with Crippen LogP contribution in [-0.2, 0) is 0 Å². The maximum absolute atomic E-state index is 8.65. The number of anilines is 1. The lowest BCUT2D eigenvalue weighted by Crippen LogP contribution is -2.06. The Morgan fingerprint density at radius 1 is 1.24 bits per heavy atom. The second-order valence-electron chi connectivity index (χ2n) is 3.69. The lowest BCUT2D eigenvalue weighted by atomic mass is 10.1. The summed E-state index contributed by atoms with van der Waals surface area (Å²) in [6.45, 7) is 2.06. The SMILES string of the molecule is CC(Nc1ccc(C#N)nc1)c1ccncc1. The Balaban J connectivity index is 2.08. The third-order valence-electron chi connectivity index (χ3n) is 2.47. The molecule has 0 bridgehead atoms. The van der Waals surface area contributed by atoms with Gasteiger partial charge < -0.3 is 5.32 Å². The Bertz CT molecular complexity index is 513. The van der Waals surface area contributed by atoms with E-state index >= 15 is 0 Å². The monoisotopic (exact) mass is 224 g/mol. The first-order chi connectivity index (χ1) is 8.29. The number of aromatic nitrogens is 2. The van der Waals surface area contributed by atoms with Crippen LogP contribution in [0.15, 0.2) is 42.9 Å². The van der Waals surface area contributed by atoms with Gasteiger partial charge >= 0.3 is 0 Å². The molecular weight excluding hydrogens is 212 g/mol. The molecule has 0 spiro atoms. The lowest BCUT2D eigenvalue weighted by Gasteiger charge is -2.14. The minimum atomic E-state index is 0.174. The van der Waals surface area contributed by atoms with Crippen molar-refractivity contribution in [1.82, 2.24) is 9.97 Å². The van der Waals surface area contributed by atoms with E-state index in [1.807, 2.05) is 24.3 Å². The maximum Gasteiger partial charge on any atom is 0.140 e. The molecule has 1 unspecified atom stereocenters. The Morgan fingerprint density at radius 3 is 2.59 bits per heavy atom. The predicted octanol–water partition coefficient (Wildman–Crippen LogP) is 2.52. The zero-order valence-corrected chi connectivity index (χ0v) is 9.46. The number of rotatable bonds is 3. The topological polar surface area (TPSA) is 61.6 Å². The van der Waals surface area contributed by atoms with E-state index in [0.29, 0.717) is 5.69 Å². The van der Waals surface area contributed by atoms with Gasteiger partial charge in [0.1, 0.15) is 11.8 Å². The molecule has 0 saturated heterocycles. The van der Waals surface area contributed by atoms with E-state index < -0.39 is 0 Å². The number of nitrogens with zero attached hydrogens (tertiary/aromatic N) is 3. The molecule has 0 aliphatic carbocycles. The molecule has 2 heterocycles. The first-order valence-electron chi connectivity index (χ1n) is 5.32. The lowest BCUT2D eigenvalue weighted by molar-refractivity contribution is 0.879. The summed E-state index contributed by atoms with van der Waals surface area (Å²) in [5.74, 6) is 0. The molecule has 17 heavy (non-hydrogen) atoms. The highest BCUT2D eigenvalue weighted by molar-refractivity contribution is 5.44. The quantitative estimate of drug-likeness (QED) is 0.870. The Hall–Kier alpha value is -2.41. The average molecular weight is 224 g/mol. The van der Waals surface area contributed by atoms with Gasteiger partial charge in [0.25, 0.3) is 0 Å². The van der Waals surface area contributed by atoms with Crippen LogP contribution < -0.4 is 5.32 Å². The van der Waals surface area contributed by atoms with Gasteiger partial charge in [0.2, 0.25) is 0 Å². The van der Waals surface area contributed by atoms with Crippen molar-refractivity contribution in [2.75, 3.05) is 5.32 Å². The summed E-state index contributed by atoms with van der Waals surface area (Å²) in [4.78, 5) is 7.99. The molecule has 2 aromatic heterocycles. The molecule has 0 radical (unpaired) electrons. The van der Waals surface area contributed by atoms with E-state index in [1.54, 1.807) is 24.7 Å². The summed E-state index contributed by atoms with van der Waals surface area (Å²) < 4.78 is 0. The van der Waals surface area contributed by atoms with Gasteiger partial charge in [-0.1, -0.05) is 0 Å². The normalized spacial score (nSPS) is 11.5. The summed E-state index contributed by atoms with van der Waals surface area (Å²) in [5, 5.41) is 12.0. The van der Waals surface area contributed by atoms with Crippen LogP contribution in [0.25, 0.3) is 0 Å². The van der Waals surface area contributed by atoms with Crippen molar-refractivity contribution in [3.05, 3.63) is 54.1 Å². The highest BCUT2D eigenvalue weighted by Gasteiger charge is 2.04. The number of hydrogen-bond donors (Lipinski definition) is 1. The fourth-order valence-corrected chi connectivity index (χ4v) is 1.53. The van der Waals surface area contributed by atoms with Crippen LogP contribution in [0.3, 0.4) is 0 Å². The van der Waals surface area contributed by atoms with E-state index in [2.05, 4.69) is 22.2 Å². The second-order valence-corrected chi connectivity index (χ2v) is 3.69. The fraction of sp³-hybridized carbons (Fsp3) is 0.154. The van der Waals surface area contributed by atoms with E-state index in [4.69, 9.17) is 5.26 Å². The average Bonchev–Trinajstić information content (AvgIpc) is 2.40. The largest absolute Gasteiger partial charge is 0.377 e. The van der Waals surface area contributed by atoms with Gasteiger partial charge in [-0.3, -0.25) is 4.98 Å². The van der Waals surface area contributed by atoms with Crippen LogP contribution in [0.1, 0.15) is 24.2 Å². The molecule has 0 saturated carbocycles. The molecule has 0 aliphatic rings. The molecule has 2 rings (SSSR count). The summed E-state index contributed by atoms with van der Waals surface area (Å²) in [6, 6.07) is 9.65. The van der Waals surface area contributed by atoms with Crippen molar-refractivity contribution >= 4 is 5.69 Å². The molecule has 0 aromatic carbocycles. The molecular formula is C13H12N4. The van der Waals surface area contributed by atoms with Gasteiger partial charge in [-0.2, -0.15) is 5.26 Å². The Kier molecular flexibility index (Phi) is 3.31. The third kappa shape index (κ3) is 2.79. The van der Waals surface area contributed by atoms with Gasteiger partial charge in [-0.15, -0.1) is 0 Å². The molecule has 1 atom stereocenters. The van der Waals surface area contributed by atoms with Gasteiger partial charge in [0.05, 0.1) is 11.9 Å². The van der Waals surface area contributed by atoms with Crippen LogP contribution in [0.5, 0.6) is 0 Å². The molecule has 84 valence electrons. The standard InChI is InChI=1S/C13H12N4/c1-10(11-4-6-15-7-5-11)17-13-3-2-12(8-14)16-9-13/h2-7,9-10,17H,1H3. The first kappa shape index (κ1) is 11.1. The van der Waals surface area contributed by atoms with Crippen LogP contribution in [0, 0.1) is 11.3 Å². The zero-order valence-electron chi connectivity index (χ0n) is 9.46. The molecule has 0 aliphatic heterocycles. The van der Waals surface area contributed by atoms with Gasteiger partial charge in [-0.25, -0.2) is 4.98 Å². The molecule has 1 N–H and O–H groups in total. The van der Waals surface area contributed by atoms with Crippen molar-refractivity contribution in [1.29, 1.82) is 5.26 Å². The molecule has 0 amide bonds. The number of hydrogen-bond acceptors (Lipinski definition) is 4. The van der Waals surface area contributed by atoms with Crippen molar-refractivity contribution in [3.63, 3.8) is 0 Å². The van der Waals surface area contributed by atoms with Gasteiger partial charge in [-0.05, 0) is 36.8 Å². The molecule has 4 heteroatoms. The van der Waals surface area contributed by atoms with Crippen molar-refractivity contribution in [3.8, 4) is 6.07 Å². The van der Waals surface area contributed by atoms with E-state index in [0.717, 1.165) is 11.3 Å². The van der Waals surface area contributed by atoms with Crippen molar-refractivity contribution in [2.45, 2.75) is 13.0 Å². The van der Waals surface area contributed by atoms with Crippen LogP contribution >= 0.6 is 0 Å². The van der Waals surface area contributed by atoms with Gasteiger partial charge in [0, 0.05) is 18.4 Å². The highest BCUT2D eigenvalue weighted by atomic mass is 14.9.